The number of aliphatic hydroxyl groups is 1. The standard InChI is InChI=1S/C18H17ClN2O3/c1-2-14-11-18(24,12-7-9-13(19)10-8-12)21(20-14)17(23)15-5-3-4-6-16(15)22/h3-10,22,24H,2,11H2,1H3/t18-/m0/s1. The van der Waals surface area contributed by atoms with Crippen LogP contribution in [0.25, 0.3) is 0 Å². The van der Waals surface area contributed by atoms with Crippen molar-refractivity contribution in [2.45, 2.75) is 25.5 Å². The van der Waals surface area contributed by atoms with E-state index >= 15 is 0 Å². The minimum Gasteiger partial charge on any atom is -0.507 e. The maximum atomic E-state index is 12.9. The van der Waals surface area contributed by atoms with Crippen molar-refractivity contribution in [1.29, 1.82) is 0 Å². The molecule has 0 saturated heterocycles. The van der Waals surface area contributed by atoms with Gasteiger partial charge in [-0.1, -0.05) is 42.8 Å². The number of aromatic hydroxyl groups is 1. The molecule has 2 N–H and O–H groups in total. The second-order valence-electron chi connectivity index (χ2n) is 5.65. The van der Waals surface area contributed by atoms with Crippen molar-refractivity contribution in [3.8, 4) is 5.75 Å². The Hall–Kier alpha value is -2.37. The lowest BCUT2D eigenvalue weighted by molar-refractivity contribution is -0.0766. The Morgan fingerprint density at radius 1 is 1.25 bits per heavy atom. The average molecular weight is 345 g/mol. The molecule has 2 aromatic carbocycles. The van der Waals surface area contributed by atoms with Gasteiger partial charge in [0.25, 0.3) is 5.91 Å². The van der Waals surface area contributed by atoms with E-state index in [1.165, 1.54) is 12.1 Å². The predicted molar refractivity (Wildman–Crippen MR) is 92.0 cm³/mol. The highest BCUT2D eigenvalue weighted by atomic mass is 35.5. The molecule has 2 aromatic rings. The topological polar surface area (TPSA) is 73.1 Å². The summed E-state index contributed by atoms with van der Waals surface area (Å²) in [7, 11) is 0. The fourth-order valence-corrected chi connectivity index (χ4v) is 2.86. The van der Waals surface area contributed by atoms with Crippen molar-refractivity contribution >= 4 is 23.2 Å². The molecule has 1 heterocycles. The first-order valence-corrected chi connectivity index (χ1v) is 8.01. The Morgan fingerprint density at radius 2 is 1.92 bits per heavy atom. The minimum atomic E-state index is -1.60. The van der Waals surface area contributed by atoms with Crippen molar-refractivity contribution in [1.82, 2.24) is 5.01 Å². The Kier molecular flexibility index (Phi) is 4.30. The molecule has 1 atom stereocenters. The van der Waals surface area contributed by atoms with Crippen LogP contribution < -0.4 is 0 Å². The molecule has 1 amide bonds. The zero-order valence-corrected chi connectivity index (χ0v) is 13.9. The number of hydrogen-bond acceptors (Lipinski definition) is 4. The molecule has 124 valence electrons. The van der Waals surface area contributed by atoms with E-state index in [0.29, 0.717) is 22.7 Å². The number of hydrogen-bond donors (Lipinski definition) is 2. The second-order valence-corrected chi connectivity index (χ2v) is 6.09. The summed E-state index contributed by atoms with van der Waals surface area (Å²) in [4.78, 5) is 12.9. The van der Waals surface area contributed by atoms with E-state index in [0.717, 1.165) is 5.01 Å². The number of amides is 1. The summed E-state index contributed by atoms with van der Waals surface area (Å²) in [6, 6.07) is 12.8. The number of rotatable bonds is 3. The summed E-state index contributed by atoms with van der Waals surface area (Å²) in [5.41, 5.74) is -0.292. The van der Waals surface area contributed by atoms with E-state index < -0.39 is 11.6 Å². The van der Waals surface area contributed by atoms with Gasteiger partial charge in [0, 0.05) is 22.7 Å². The number of para-hydroxylation sites is 1. The molecule has 0 unspecified atom stereocenters. The molecule has 1 aliphatic heterocycles. The third-order valence-corrected chi connectivity index (χ3v) is 4.34. The summed E-state index contributed by atoms with van der Waals surface area (Å²) in [6.45, 7) is 1.91. The smallest absolute Gasteiger partial charge is 0.280 e. The summed E-state index contributed by atoms with van der Waals surface area (Å²) in [6.07, 6.45) is 0.824. The summed E-state index contributed by atoms with van der Waals surface area (Å²) in [5.74, 6) is -0.713. The molecule has 0 fully saturated rings. The van der Waals surface area contributed by atoms with Gasteiger partial charge in [0.2, 0.25) is 0 Å². The Labute approximate surface area is 144 Å². The van der Waals surface area contributed by atoms with E-state index in [9.17, 15) is 15.0 Å². The van der Waals surface area contributed by atoms with E-state index in [-0.39, 0.29) is 17.7 Å². The van der Waals surface area contributed by atoms with Gasteiger partial charge < -0.3 is 10.2 Å². The molecule has 6 heteroatoms. The monoisotopic (exact) mass is 344 g/mol. The van der Waals surface area contributed by atoms with Crippen LogP contribution in [0.5, 0.6) is 5.75 Å². The van der Waals surface area contributed by atoms with E-state index in [1.807, 2.05) is 6.92 Å². The van der Waals surface area contributed by atoms with Crippen molar-refractivity contribution < 1.29 is 15.0 Å². The highest BCUT2D eigenvalue weighted by Crippen LogP contribution is 2.38. The molecule has 3 rings (SSSR count). The lowest BCUT2D eigenvalue weighted by Crippen LogP contribution is -2.43. The van der Waals surface area contributed by atoms with Crippen LogP contribution in [-0.2, 0) is 5.72 Å². The van der Waals surface area contributed by atoms with Crippen molar-refractivity contribution in [2.24, 2.45) is 5.10 Å². The van der Waals surface area contributed by atoms with Crippen LogP contribution in [0.15, 0.2) is 53.6 Å². The van der Waals surface area contributed by atoms with E-state index in [1.54, 1.807) is 36.4 Å². The lowest BCUT2D eigenvalue weighted by Gasteiger charge is -2.31. The predicted octanol–water partition coefficient (Wildman–Crippen LogP) is 3.50. The molecule has 1 aliphatic rings. The first kappa shape index (κ1) is 16.5. The van der Waals surface area contributed by atoms with Gasteiger partial charge in [0.05, 0.1) is 5.56 Å². The fourth-order valence-electron chi connectivity index (χ4n) is 2.74. The highest BCUT2D eigenvalue weighted by Gasteiger charge is 2.46. The number of hydrazone groups is 1. The van der Waals surface area contributed by atoms with Crippen molar-refractivity contribution in [2.75, 3.05) is 0 Å². The normalized spacial score (nSPS) is 20.1. The van der Waals surface area contributed by atoms with Crippen LogP contribution in [0.4, 0.5) is 0 Å². The maximum absolute atomic E-state index is 12.9. The highest BCUT2D eigenvalue weighted by molar-refractivity contribution is 6.30. The number of phenolic OH excluding ortho intramolecular Hbond substituents is 1. The van der Waals surface area contributed by atoms with Gasteiger partial charge in [-0.05, 0) is 30.7 Å². The van der Waals surface area contributed by atoms with Gasteiger partial charge in [-0.15, -0.1) is 0 Å². The molecule has 24 heavy (non-hydrogen) atoms. The molecule has 0 spiro atoms. The lowest BCUT2D eigenvalue weighted by atomic mass is 9.96. The maximum Gasteiger partial charge on any atom is 0.280 e. The molecule has 0 radical (unpaired) electrons. The van der Waals surface area contributed by atoms with Gasteiger partial charge in [0.1, 0.15) is 5.75 Å². The van der Waals surface area contributed by atoms with Gasteiger partial charge in [-0.25, -0.2) is 0 Å². The van der Waals surface area contributed by atoms with Crippen LogP contribution >= 0.6 is 11.6 Å². The van der Waals surface area contributed by atoms with Crippen LogP contribution in [0.1, 0.15) is 35.7 Å². The van der Waals surface area contributed by atoms with Crippen LogP contribution in [-0.4, -0.2) is 26.8 Å². The summed E-state index contributed by atoms with van der Waals surface area (Å²) >= 11 is 5.91. The number of benzene rings is 2. The third kappa shape index (κ3) is 2.77. The Balaban J connectivity index is 2.05. The van der Waals surface area contributed by atoms with Crippen LogP contribution in [0.3, 0.4) is 0 Å². The van der Waals surface area contributed by atoms with E-state index in [2.05, 4.69) is 5.10 Å². The summed E-state index contributed by atoms with van der Waals surface area (Å²) in [5, 5.41) is 27.0. The number of phenols is 1. The quantitative estimate of drug-likeness (QED) is 0.895. The zero-order valence-electron chi connectivity index (χ0n) is 13.1. The Bertz CT molecular complexity index is 804. The number of nitrogens with zero attached hydrogens (tertiary/aromatic N) is 2. The minimum absolute atomic E-state index is 0.0889. The molecule has 0 saturated carbocycles. The molecular formula is C18H17ClN2O3. The first-order chi connectivity index (χ1) is 11.5. The molecular weight excluding hydrogens is 328 g/mol. The van der Waals surface area contributed by atoms with Gasteiger partial charge in [0.15, 0.2) is 5.72 Å². The largest absolute Gasteiger partial charge is 0.507 e. The SMILES string of the molecule is CCC1=NN(C(=O)c2ccccc2O)[C@@](O)(c2ccc(Cl)cc2)C1. The van der Waals surface area contributed by atoms with Crippen LogP contribution in [0.2, 0.25) is 5.02 Å². The third-order valence-electron chi connectivity index (χ3n) is 4.08. The number of carbonyl (C=O) groups is 1. The molecule has 0 aliphatic carbocycles. The van der Waals surface area contributed by atoms with Gasteiger partial charge in [-0.2, -0.15) is 10.1 Å². The van der Waals surface area contributed by atoms with Gasteiger partial charge >= 0.3 is 0 Å². The zero-order chi connectivity index (χ0) is 17.3. The summed E-state index contributed by atoms with van der Waals surface area (Å²) < 4.78 is 0. The van der Waals surface area contributed by atoms with Crippen molar-refractivity contribution in [3.05, 3.63) is 64.7 Å². The molecule has 0 bridgehead atoms. The van der Waals surface area contributed by atoms with Gasteiger partial charge in [-0.3, -0.25) is 4.79 Å². The second kappa shape index (κ2) is 6.26. The molecule has 0 aromatic heterocycles. The number of halogens is 1. The molecule has 5 nitrogen and oxygen atoms in total. The van der Waals surface area contributed by atoms with Crippen LogP contribution in [0, 0.1) is 0 Å². The fraction of sp³-hybridized carbons (Fsp3) is 0.222. The Morgan fingerprint density at radius 3 is 2.54 bits per heavy atom. The average Bonchev–Trinajstić information content (AvgIpc) is 2.93. The van der Waals surface area contributed by atoms with E-state index in [4.69, 9.17) is 11.6 Å². The number of carbonyl (C=O) groups excluding carboxylic acids is 1. The van der Waals surface area contributed by atoms with Crippen molar-refractivity contribution in [3.63, 3.8) is 0 Å². The first-order valence-electron chi connectivity index (χ1n) is 7.63.